The minimum absolute atomic E-state index is 0.230. The predicted octanol–water partition coefficient (Wildman–Crippen LogP) is 3.94. The van der Waals surface area contributed by atoms with Crippen LogP contribution in [0.1, 0.15) is 5.56 Å². The van der Waals surface area contributed by atoms with Crippen LogP contribution in [0, 0.1) is 5.82 Å². The second-order valence-electron chi connectivity index (χ2n) is 5.69. The average molecular weight is 350 g/mol. The van der Waals surface area contributed by atoms with Gasteiger partial charge in [0.05, 0.1) is 0 Å². The fourth-order valence-corrected chi connectivity index (χ4v) is 6.02. The van der Waals surface area contributed by atoms with E-state index in [2.05, 4.69) is 0 Å². The summed E-state index contributed by atoms with van der Waals surface area (Å²) in [7, 11) is 13.1. The van der Waals surface area contributed by atoms with Crippen LogP contribution in [-0.4, -0.2) is 63.4 Å². The molecule has 0 aliphatic rings. The molecule has 126 valence electrons. The van der Waals surface area contributed by atoms with E-state index in [9.17, 15) is 4.39 Å². The SMILES string of the molecule is COc1ccc(/C=C/P(Cl)(N(C)C)(N(C)C)N(C)C)cc1F. The molecule has 0 radical (unpaired) electrons. The van der Waals surface area contributed by atoms with Crippen molar-refractivity contribution in [3.05, 3.63) is 35.4 Å². The van der Waals surface area contributed by atoms with E-state index in [0.717, 1.165) is 5.56 Å². The molecule has 0 N–H and O–H groups in total. The van der Waals surface area contributed by atoms with E-state index in [1.165, 1.54) is 13.2 Å². The van der Waals surface area contributed by atoms with Crippen LogP contribution < -0.4 is 4.74 Å². The van der Waals surface area contributed by atoms with Crippen LogP contribution in [0.3, 0.4) is 0 Å². The summed E-state index contributed by atoms with van der Waals surface area (Å²) in [5, 5.41) is 0. The molecule has 0 atom stereocenters. The summed E-state index contributed by atoms with van der Waals surface area (Å²) in [6.45, 7) is 0. The van der Waals surface area contributed by atoms with E-state index in [4.69, 9.17) is 16.0 Å². The maximum absolute atomic E-state index is 13.8. The molecule has 4 nitrogen and oxygen atoms in total. The molecule has 1 aromatic rings. The fraction of sp³-hybridized carbons (Fsp3) is 0.467. The normalized spacial score (nSPS) is 14.8. The van der Waals surface area contributed by atoms with Crippen molar-refractivity contribution in [1.82, 2.24) is 14.0 Å². The van der Waals surface area contributed by atoms with Gasteiger partial charge in [-0.1, -0.05) is 0 Å². The van der Waals surface area contributed by atoms with Gasteiger partial charge in [0.2, 0.25) is 0 Å². The molecular formula is C15H26ClFN3OP. The zero-order valence-electron chi connectivity index (χ0n) is 14.3. The van der Waals surface area contributed by atoms with E-state index >= 15 is 0 Å². The number of methoxy groups -OCH3 is 1. The summed E-state index contributed by atoms with van der Waals surface area (Å²) in [6, 6.07) is 4.85. The Balaban J connectivity index is 3.34. The van der Waals surface area contributed by atoms with Crippen LogP contribution in [-0.2, 0) is 0 Å². The van der Waals surface area contributed by atoms with Crippen molar-refractivity contribution in [2.45, 2.75) is 0 Å². The Labute approximate surface area is 138 Å². The molecule has 0 saturated heterocycles. The van der Waals surface area contributed by atoms with Gasteiger partial charge in [-0.3, -0.25) is 0 Å². The van der Waals surface area contributed by atoms with Crippen molar-refractivity contribution in [2.24, 2.45) is 0 Å². The molecule has 0 saturated carbocycles. The zero-order chi connectivity index (χ0) is 17.2. The molecular weight excluding hydrogens is 324 g/mol. The van der Waals surface area contributed by atoms with Crippen LogP contribution in [0.4, 0.5) is 4.39 Å². The maximum atomic E-state index is 13.8. The van der Waals surface area contributed by atoms with Gasteiger partial charge in [-0.2, -0.15) is 0 Å². The summed E-state index contributed by atoms with van der Waals surface area (Å²) in [5.74, 6) is 1.81. The van der Waals surface area contributed by atoms with Crippen LogP contribution in [0.25, 0.3) is 6.08 Å². The van der Waals surface area contributed by atoms with E-state index in [1.54, 1.807) is 12.1 Å². The molecule has 0 aliphatic heterocycles. The molecule has 1 aromatic carbocycles. The Morgan fingerprint density at radius 2 is 1.55 bits per heavy atom. The van der Waals surface area contributed by atoms with E-state index < -0.39 is 6.41 Å². The number of rotatable bonds is 6. The minimum atomic E-state index is -3.10. The van der Waals surface area contributed by atoms with Crippen LogP contribution in [0.15, 0.2) is 24.0 Å². The van der Waals surface area contributed by atoms with Gasteiger partial charge in [0.15, 0.2) is 0 Å². The van der Waals surface area contributed by atoms with Crippen molar-refractivity contribution in [2.75, 3.05) is 49.4 Å². The number of hydrogen-bond acceptors (Lipinski definition) is 4. The van der Waals surface area contributed by atoms with Gasteiger partial charge in [0.1, 0.15) is 0 Å². The zero-order valence-corrected chi connectivity index (χ0v) is 16.0. The van der Waals surface area contributed by atoms with Crippen molar-refractivity contribution < 1.29 is 9.13 Å². The summed E-state index contributed by atoms with van der Waals surface area (Å²) in [5.41, 5.74) is 0.735. The van der Waals surface area contributed by atoms with E-state index in [1.807, 2.05) is 68.2 Å². The van der Waals surface area contributed by atoms with Gasteiger partial charge in [0.25, 0.3) is 0 Å². The third kappa shape index (κ3) is 3.15. The van der Waals surface area contributed by atoms with Crippen molar-refractivity contribution in [3.8, 4) is 5.75 Å². The summed E-state index contributed by atoms with van der Waals surface area (Å²) < 4.78 is 24.8. The molecule has 0 aromatic heterocycles. The first-order chi connectivity index (χ1) is 10.1. The third-order valence-electron chi connectivity index (χ3n) is 3.92. The van der Waals surface area contributed by atoms with Gasteiger partial charge >= 0.3 is 137 Å². The van der Waals surface area contributed by atoms with E-state index in [0.29, 0.717) is 0 Å². The van der Waals surface area contributed by atoms with Crippen molar-refractivity contribution in [3.63, 3.8) is 0 Å². The quantitative estimate of drug-likeness (QED) is 0.724. The molecule has 0 fully saturated rings. The van der Waals surface area contributed by atoms with Crippen LogP contribution in [0.5, 0.6) is 5.75 Å². The van der Waals surface area contributed by atoms with Crippen LogP contribution in [0.2, 0.25) is 0 Å². The topological polar surface area (TPSA) is 19.0 Å². The summed E-state index contributed by atoms with van der Waals surface area (Å²) in [4.78, 5) is 0. The standard InChI is InChI=1S/C15H26ClFN3OP/c1-18(2)22(16,19(3)4,20(5)6)11-10-13-8-9-15(21-7)14(17)12-13/h8-12H,1-7H3/b11-10+. The van der Waals surface area contributed by atoms with Gasteiger partial charge in [-0.05, 0) is 0 Å². The molecule has 0 spiro atoms. The van der Waals surface area contributed by atoms with Gasteiger partial charge < -0.3 is 0 Å². The van der Waals surface area contributed by atoms with Gasteiger partial charge in [-0.15, -0.1) is 0 Å². The number of benzene rings is 1. The molecule has 0 heterocycles. The average Bonchev–Trinajstić information content (AvgIpc) is 2.44. The first-order valence-corrected chi connectivity index (χ1v) is 9.94. The van der Waals surface area contributed by atoms with Gasteiger partial charge in [-0.25, -0.2) is 0 Å². The third-order valence-corrected chi connectivity index (χ3v) is 12.1. The summed E-state index contributed by atoms with van der Waals surface area (Å²) in [6.07, 6.45) is -1.25. The number of hydrogen-bond donors (Lipinski definition) is 0. The Hall–Kier alpha value is -0.710. The molecule has 0 aliphatic carbocycles. The number of halogens is 2. The Morgan fingerprint density at radius 1 is 1.05 bits per heavy atom. The predicted molar refractivity (Wildman–Crippen MR) is 95.8 cm³/mol. The first kappa shape index (κ1) is 19.3. The molecule has 7 heteroatoms. The number of ether oxygens (including phenoxy) is 1. The fourth-order valence-electron chi connectivity index (χ4n) is 2.47. The number of nitrogens with zero attached hydrogens (tertiary/aromatic N) is 3. The second kappa shape index (κ2) is 6.81. The molecule has 0 amide bonds. The van der Waals surface area contributed by atoms with Gasteiger partial charge in [0, 0.05) is 0 Å². The Kier molecular flexibility index (Phi) is 5.99. The first-order valence-electron chi connectivity index (χ1n) is 6.87. The monoisotopic (exact) mass is 349 g/mol. The molecule has 0 unspecified atom stereocenters. The molecule has 22 heavy (non-hydrogen) atoms. The Bertz CT molecular complexity index is 539. The van der Waals surface area contributed by atoms with Crippen LogP contribution >= 0.6 is 17.6 Å². The van der Waals surface area contributed by atoms with Crippen molar-refractivity contribution in [1.29, 1.82) is 0 Å². The second-order valence-corrected chi connectivity index (χ2v) is 12.2. The van der Waals surface area contributed by atoms with Crippen molar-refractivity contribution >= 4 is 23.7 Å². The van der Waals surface area contributed by atoms with E-state index in [-0.39, 0.29) is 11.6 Å². The molecule has 1 rings (SSSR count). The Morgan fingerprint density at radius 3 is 1.91 bits per heavy atom. The molecule has 0 bridgehead atoms. The summed E-state index contributed by atoms with van der Waals surface area (Å²) >= 11 is 7.15.